The summed E-state index contributed by atoms with van der Waals surface area (Å²) in [4.78, 5) is 56.0. The van der Waals surface area contributed by atoms with E-state index in [0.717, 1.165) is 5.56 Å². The van der Waals surface area contributed by atoms with Gasteiger partial charge in [-0.1, -0.05) is 34.6 Å². The van der Waals surface area contributed by atoms with Crippen LogP contribution in [-0.2, 0) is 19.1 Å². The van der Waals surface area contributed by atoms with Gasteiger partial charge in [0.1, 0.15) is 17.3 Å². The molecule has 2 aromatic heterocycles. The smallest absolute Gasteiger partial charge is 0.253 e. The third-order valence-corrected chi connectivity index (χ3v) is 5.40. The lowest BCUT2D eigenvalue weighted by molar-refractivity contribution is -0.123. The van der Waals surface area contributed by atoms with E-state index in [2.05, 4.69) is 15.3 Å². The van der Waals surface area contributed by atoms with Crippen LogP contribution in [0.2, 0.25) is 0 Å². The lowest BCUT2D eigenvalue weighted by Crippen LogP contribution is -2.42. The summed E-state index contributed by atoms with van der Waals surface area (Å²) in [7, 11) is 0. The van der Waals surface area contributed by atoms with Crippen LogP contribution in [0.15, 0.2) is 36.7 Å². The van der Waals surface area contributed by atoms with Gasteiger partial charge in [0.15, 0.2) is 5.78 Å². The third-order valence-electron chi connectivity index (χ3n) is 5.40. The van der Waals surface area contributed by atoms with Gasteiger partial charge in [-0.25, -0.2) is 0 Å². The second-order valence-electron chi connectivity index (χ2n) is 8.78. The van der Waals surface area contributed by atoms with Gasteiger partial charge in [0.2, 0.25) is 0 Å². The number of rotatable bonds is 16. The Balaban J connectivity index is 0.00000352. The van der Waals surface area contributed by atoms with Gasteiger partial charge in [0, 0.05) is 43.1 Å². The maximum atomic E-state index is 12.8. The summed E-state index contributed by atoms with van der Waals surface area (Å²) in [6, 6.07) is 6.33. The van der Waals surface area contributed by atoms with Gasteiger partial charge in [0.05, 0.1) is 43.7 Å². The summed E-state index contributed by atoms with van der Waals surface area (Å²) < 4.78 is 11.2. The highest BCUT2D eigenvalue weighted by molar-refractivity contribution is 5.95. The number of hydrogen-bond acceptors (Lipinski definition) is 8. The van der Waals surface area contributed by atoms with Crippen molar-refractivity contribution in [2.45, 2.75) is 66.8 Å². The average Bonchev–Trinajstić information content (AvgIpc) is 2.93. The zero-order valence-corrected chi connectivity index (χ0v) is 23.4. The summed E-state index contributed by atoms with van der Waals surface area (Å²) in [5, 5.41) is 2.87. The SMILES string of the molecule is CC.CCC(=O)c1ccc(-c2ccc(C(=O)NC(COCCC(C)=O)COCCC(=O)C(C)C)cn2)cn1. The van der Waals surface area contributed by atoms with E-state index in [1.54, 1.807) is 37.4 Å². The van der Waals surface area contributed by atoms with Crippen LogP contribution in [-0.4, -0.2) is 65.7 Å². The molecule has 0 bridgehead atoms. The minimum atomic E-state index is -0.467. The van der Waals surface area contributed by atoms with E-state index in [0.29, 0.717) is 29.8 Å². The van der Waals surface area contributed by atoms with Crippen LogP contribution in [0.4, 0.5) is 0 Å². The zero-order chi connectivity index (χ0) is 28.5. The molecule has 1 amide bonds. The largest absolute Gasteiger partial charge is 0.379 e. The molecule has 2 heterocycles. The molecule has 0 aliphatic carbocycles. The molecular weight excluding hydrogens is 486 g/mol. The number of ether oxygens (including phenoxy) is 2. The molecule has 0 saturated heterocycles. The quantitative estimate of drug-likeness (QED) is 0.250. The fourth-order valence-corrected chi connectivity index (χ4v) is 3.12. The van der Waals surface area contributed by atoms with Crippen molar-refractivity contribution in [3.05, 3.63) is 47.9 Å². The minimum absolute atomic E-state index is 0.0204. The number of hydrogen-bond donors (Lipinski definition) is 1. The lowest BCUT2D eigenvalue weighted by Gasteiger charge is -2.19. The number of nitrogens with one attached hydrogen (secondary N) is 1. The molecule has 1 unspecified atom stereocenters. The Hall–Kier alpha value is -3.30. The second kappa shape index (κ2) is 18.0. The minimum Gasteiger partial charge on any atom is -0.379 e. The van der Waals surface area contributed by atoms with Gasteiger partial charge in [0.25, 0.3) is 5.91 Å². The van der Waals surface area contributed by atoms with Gasteiger partial charge in [-0.05, 0) is 31.2 Å². The van der Waals surface area contributed by atoms with Crippen LogP contribution in [0.25, 0.3) is 11.3 Å². The summed E-state index contributed by atoms with van der Waals surface area (Å²) in [6.45, 7) is 11.8. The standard InChI is InChI=1S/C27H35N3O6.C2H6/c1-5-25(32)24-9-6-20(14-29-24)23-8-7-21(15-28-23)27(34)30-22(16-35-12-10-19(4)31)17-36-13-11-26(33)18(2)3;1-2/h6-9,14-15,18,22H,5,10-13,16-17H2,1-4H3,(H,30,34);1-2H3. The predicted octanol–water partition coefficient (Wildman–Crippen LogP) is 4.49. The molecular formula is C29H41N3O6. The Labute approximate surface area is 225 Å². The van der Waals surface area contributed by atoms with E-state index < -0.39 is 6.04 Å². The number of ketones is 3. The fourth-order valence-electron chi connectivity index (χ4n) is 3.12. The summed E-state index contributed by atoms with van der Waals surface area (Å²) in [6.07, 6.45) is 4.03. The van der Waals surface area contributed by atoms with Crippen molar-refractivity contribution in [3.63, 3.8) is 0 Å². The van der Waals surface area contributed by atoms with Crippen molar-refractivity contribution < 1.29 is 28.7 Å². The molecule has 1 atom stereocenters. The molecule has 38 heavy (non-hydrogen) atoms. The van der Waals surface area contributed by atoms with Crippen molar-refractivity contribution >= 4 is 23.3 Å². The molecule has 208 valence electrons. The van der Waals surface area contributed by atoms with E-state index in [9.17, 15) is 19.2 Å². The second-order valence-corrected chi connectivity index (χ2v) is 8.78. The molecule has 0 radical (unpaired) electrons. The molecule has 0 aromatic carbocycles. The van der Waals surface area contributed by atoms with Crippen molar-refractivity contribution in [3.8, 4) is 11.3 Å². The molecule has 1 N–H and O–H groups in total. The van der Waals surface area contributed by atoms with Crippen molar-refractivity contribution in [2.24, 2.45) is 5.92 Å². The molecule has 0 saturated carbocycles. The first kappa shape index (κ1) is 32.7. The van der Waals surface area contributed by atoms with Crippen molar-refractivity contribution in [1.82, 2.24) is 15.3 Å². The molecule has 2 aromatic rings. The van der Waals surface area contributed by atoms with Crippen molar-refractivity contribution in [1.29, 1.82) is 0 Å². The van der Waals surface area contributed by atoms with Crippen LogP contribution in [0, 0.1) is 5.92 Å². The number of Topliss-reactive ketones (excluding diaryl/α,β-unsaturated/α-hetero) is 3. The normalized spacial score (nSPS) is 11.3. The Bertz CT molecular complexity index is 1020. The summed E-state index contributed by atoms with van der Waals surface area (Å²) in [5.41, 5.74) is 2.12. The first-order valence-electron chi connectivity index (χ1n) is 13.1. The van der Waals surface area contributed by atoms with Gasteiger partial charge in [-0.15, -0.1) is 0 Å². The van der Waals surface area contributed by atoms with Crippen LogP contribution in [0.1, 0.15) is 81.7 Å². The third kappa shape index (κ3) is 11.8. The zero-order valence-electron chi connectivity index (χ0n) is 23.4. The molecule has 0 spiro atoms. The lowest BCUT2D eigenvalue weighted by atomic mass is 10.1. The highest BCUT2D eigenvalue weighted by Crippen LogP contribution is 2.17. The molecule has 0 fully saturated rings. The maximum absolute atomic E-state index is 12.8. The van der Waals surface area contributed by atoms with E-state index in [4.69, 9.17) is 9.47 Å². The van der Waals surface area contributed by atoms with Gasteiger partial charge in [-0.3, -0.25) is 29.1 Å². The monoisotopic (exact) mass is 527 g/mol. The van der Waals surface area contributed by atoms with Crippen LogP contribution < -0.4 is 5.32 Å². The Kier molecular flexibility index (Phi) is 15.5. The number of nitrogens with zero attached hydrogens (tertiary/aromatic N) is 2. The summed E-state index contributed by atoms with van der Waals surface area (Å²) >= 11 is 0. The van der Waals surface area contributed by atoms with E-state index in [1.807, 2.05) is 27.7 Å². The molecule has 9 nitrogen and oxygen atoms in total. The molecule has 0 aliphatic rings. The number of aromatic nitrogens is 2. The Morgan fingerprint density at radius 1 is 0.895 bits per heavy atom. The van der Waals surface area contributed by atoms with Crippen LogP contribution >= 0.6 is 0 Å². The first-order valence-corrected chi connectivity index (χ1v) is 13.1. The summed E-state index contributed by atoms with van der Waals surface area (Å²) in [5.74, 6) is -0.301. The number of pyridine rings is 2. The first-order chi connectivity index (χ1) is 18.2. The Morgan fingerprint density at radius 2 is 1.55 bits per heavy atom. The van der Waals surface area contributed by atoms with E-state index >= 15 is 0 Å². The van der Waals surface area contributed by atoms with Gasteiger partial charge < -0.3 is 14.8 Å². The topological polar surface area (TPSA) is 125 Å². The van der Waals surface area contributed by atoms with E-state index in [1.165, 1.54) is 13.1 Å². The van der Waals surface area contributed by atoms with Crippen LogP contribution in [0.5, 0.6) is 0 Å². The molecule has 9 heteroatoms. The molecule has 2 rings (SSSR count). The highest BCUT2D eigenvalue weighted by atomic mass is 16.5. The maximum Gasteiger partial charge on any atom is 0.253 e. The van der Waals surface area contributed by atoms with Crippen molar-refractivity contribution in [2.75, 3.05) is 26.4 Å². The van der Waals surface area contributed by atoms with Gasteiger partial charge >= 0.3 is 0 Å². The number of amides is 1. The molecule has 0 aliphatic heterocycles. The van der Waals surface area contributed by atoms with Gasteiger partial charge in [-0.2, -0.15) is 0 Å². The van der Waals surface area contributed by atoms with E-state index in [-0.39, 0.29) is 62.0 Å². The fraction of sp³-hybridized carbons (Fsp3) is 0.517. The van der Waals surface area contributed by atoms with Crippen LogP contribution in [0.3, 0.4) is 0 Å². The Morgan fingerprint density at radius 3 is 2.05 bits per heavy atom. The highest BCUT2D eigenvalue weighted by Gasteiger charge is 2.16. The number of carbonyl (C=O) groups excluding carboxylic acids is 4. The average molecular weight is 528 g/mol. The number of carbonyl (C=O) groups is 4. The predicted molar refractivity (Wildman–Crippen MR) is 146 cm³/mol.